The van der Waals surface area contributed by atoms with Crippen molar-refractivity contribution in [3.63, 3.8) is 0 Å². The minimum Gasteiger partial charge on any atom is -0.0696 e. The zero-order chi connectivity index (χ0) is 14.8. The van der Waals surface area contributed by atoms with Crippen molar-refractivity contribution in [3.8, 4) is 0 Å². The van der Waals surface area contributed by atoms with Crippen molar-refractivity contribution in [2.75, 3.05) is 0 Å². The molecule has 2 unspecified atom stereocenters. The molecule has 0 nitrogen and oxygen atoms in total. The summed E-state index contributed by atoms with van der Waals surface area (Å²) in [6.07, 6.45) is 0. The van der Waals surface area contributed by atoms with Gasteiger partial charge in [0.25, 0.3) is 0 Å². The summed E-state index contributed by atoms with van der Waals surface area (Å²) in [7, 11) is -2.54. The number of hydrogen-bond acceptors (Lipinski definition) is 0. The largest absolute Gasteiger partial charge is 0.0838 e. The van der Waals surface area contributed by atoms with E-state index in [0.29, 0.717) is 5.04 Å². The molecule has 2 atom stereocenters. The summed E-state index contributed by atoms with van der Waals surface area (Å²) >= 11 is 0. The molecule has 0 bridgehead atoms. The summed E-state index contributed by atoms with van der Waals surface area (Å²) in [5.74, 6) is 0. The van der Waals surface area contributed by atoms with Crippen LogP contribution in [0.3, 0.4) is 0 Å². The quantitative estimate of drug-likeness (QED) is 0.759. The molecule has 0 fully saturated rings. The van der Waals surface area contributed by atoms with E-state index >= 15 is 0 Å². The van der Waals surface area contributed by atoms with Gasteiger partial charge in [0, 0.05) is 0 Å². The van der Waals surface area contributed by atoms with Gasteiger partial charge in [-0.3, -0.25) is 0 Å². The molecule has 0 heterocycles. The SMILES string of the molecule is C[SiH](c1ccccc1)[Si](C)(c1ccccc1)C(C)(C)C. The standard InChI is InChI=1S/C18H26Si2/c1-18(2,3)20(5,17-14-10-7-11-15-17)19(4)16-12-8-6-9-13-16/h6-15,19H,1-5H3. The van der Waals surface area contributed by atoms with Crippen LogP contribution in [0.25, 0.3) is 0 Å². The number of rotatable bonds is 3. The molecular weight excluding hydrogens is 272 g/mol. The second kappa shape index (κ2) is 5.70. The first kappa shape index (κ1) is 15.3. The fourth-order valence-electron chi connectivity index (χ4n) is 3.19. The third-order valence-electron chi connectivity index (χ3n) is 5.10. The first-order chi connectivity index (χ1) is 9.37. The zero-order valence-corrected chi connectivity index (χ0v) is 15.5. The molecule has 0 radical (unpaired) electrons. The maximum absolute atomic E-state index is 2.60. The Morgan fingerprint density at radius 1 is 0.800 bits per heavy atom. The second-order valence-electron chi connectivity index (χ2n) is 6.95. The topological polar surface area (TPSA) is 0 Å². The average molecular weight is 299 g/mol. The minimum atomic E-state index is -1.53. The molecule has 0 aromatic heterocycles. The van der Waals surface area contributed by atoms with E-state index in [1.165, 1.54) is 0 Å². The van der Waals surface area contributed by atoms with Gasteiger partial charge in [0.05, 0.1) is 15.9 Å². The maximum atomic E-state index is 2.60. The molecule has 0 saturated heterocycles. The molecule has 0 amide bonds. The van der Waals surface area contributed by atoms with Crippen LogP contribution in [0.2, 0.25) is 18.1 Å². The Bertz CT molecular complexity index is 543. The molecule has 106 valence electrons. The maximum Gasteiger partial charge on any atom is 0.0838 e. The molecule has 0 spiro atoms. The van der Waals surface area contributed by atoms with E-state index in [1.54, 1.807) is 10.4 Å². The van der Waals surface area contributed by atoms with Crippen LogP contribution in [0.15, 0.2) is 60.7 Å². The van der Waals surface area contributed by atoms with Crippen LogP contribution in [0.1, 0.15) is 20.8 Å². The van der Waals surface area contributed by atoms with E-state index in [9.17, 15) is 0 Å². The van der Waals surface area contributed by atoms with Crippen molar-refractivity contribution < 1.29 is 0 Å². The van der Waals surface area contributed by atoms with Crippen LogP contribution < -0.4 is 10.4 Å². The summed E-state index contributed by atoms with van der Waals surface area (Å²) in [6, 6.07) is 22.5. The van der Waals surface area contributed by atoms with Crippen molar-refractivity contribution >= 4 is 26.3 Å². The summed E-state index contributed by atoms with van der Waals surface area (Å²) in [5.41, 5.74) is 0. The molecule has 0 saturated carbocycles. The summed E-state index contributed by atoms with van der Waals surface area (Å²) < 4.78 is 0. The average Bonchev–Trinajstić information content (AvgIpc) is 2.46. The Morgan fingerprint density at radius 3 is 1.70 bits per heavy atom. The number of hydrogen-bond donors (Lipinski definition) is 0. The van der Waals surface area contributed by atoms with E-state index in [-0.39, 0.29) is 0 Å². The molecule has 2 aromatic carbocycles. The van der Waals surface area contributed by atoms with Crippen LogP contribution in [-0.4, -0.2) is 15.9 Å². The van der Waals surface area contributed by atoms with Gasteiger partial charge in [-0.15, -0.1) is 0 Å². The normalized spacial score (nSPS) is 16.4. The molecule has 0 aliphatic heterocycles. The zero-order valence-electron chi connectivity index (χ0n) is 13.4. The summed E-state index contributed by atoms with van der Waals surface area (Å²) in [5, 5.41) is 3.62. The van der Waals surface area contributed by atoms with Crippen LogP contribution in [-0.2, 0) is 0 Å². The minimum absolute atomic E-state index is 0.385. The Morgan fingerprint density at radius 2 is 1.25 bits per heavy atom. The summed E-state index contributed by atoms with van der Waals surface area (Å²) in [6.45, 7) is 12.5. The predicted octanol–water partition coefficient (Wildman–Crippen LogP) is 3.61. The smallest absolute Gasteiger partial charge is 0.0696 e. The highest BCUT2D eigenvalue weighted by Crippen LogP contribution is 2.37. The Kier molecular flexibility index (Phi) is 4.35. The predicted molar refractivity (Wildman–Crippen MR) is 96.5 cm³/mol. The fourth-order valence-corrected chi connectivity index (χ4v) is 16.8. The monoisotopic (exact) mass is 298 g/mol. The van der Waals surface area contributed by atoms with E-state index in [4.69, 9.17) is 0 Å². The van der Waals surface area contributed by atoms with Gasteiger partial charge in [0.1, 0.15) is 0 Å². The van der Waals surface area contributed by atoms with Crippen LogP contribution in [0.5, 0.6) is 0 Å². The van der Waals surface area contributed by atoms with Crippen molar-refractivity contribution in [2.24, 2.45) is 0 Å². The first-order valence-corrected chi connectivity index (χ1v) is 13.5. The number of benzene rings is 2. The van der Waals surface area contributed by atoms with Gasteiger partial charge < -0.3 is 0 Å². The highest BCUT2D eigenvalue weighted by Gasteiger charge is 2.46. The second-order valence-corrected chi connectivity index (χ2v) is 19.6. The van der Waals surface area contributed by atoms with Gasteiger partial charge in [-0.1, -0.05) is 105 Å². The lowest BCUT2D eigenvalue weighted by Crippen LogP contribution is -2.67. The molecule has 0 N–H and O–H groups in total. The van der Waals surface area contributed by atoms with Crippen molar-refractivity contribution in [3.05, 3.63) is 60.7 Å². The lowest BCUT2D eigenvalue weighted by Gasteiger charge is -2.45. The molecule has 2 aromatic rings. The Hall–Kier alpha value is -1.13. The van der Waals surface area contributed by atoms with E-state index in [2.05, 4.69) is 94.5 Å². The Balaban J connectivity index is 2.54. The van der Waals surface area contributed by atoms with Crippen molar-refractivity contribution in [1.29, 1.82) is 0 Å². The summed E-state index contributed by atoms with van der Waals surface area (Å²) in [4.78, 5) is 0. The van der Waals surface area contributed by atoms with E-state index in [1.807, 2.05) is 0 Å². The first-order valence-electron chi connectivity index (χ1n) is 7.48. The molecule has 20 heavy (non-hydrogen) atoms. The molecule has 0 aliphatic carbocycles. The van der Waals surface area contributed by atoms with Gasteiger partial charge in [-0.05, 0) is 5.04 Å². The van der Waals surface area contributed by atoms with Crippen molar-refractivity contribution in [1.82, 2.24) is 0 Å². The van der Waals surface area contributed by atoms with Gasteiger partial charge in [-0.2, -0.15) is 0 Å². The highest BCUT2D eigenvalue weighted by molar-refractivity contribution is 7.43. The fraction of sp³-hybridized carbons (Fsp3) is 0.333. The molecule has 0 aliphatic rings. The third-order valence-corrected chi connectivity index (χ3v) is 22.7. The lowest BCUT2D eigenvalue weighted by atomic mass is 10.2. The Labute approximate surface area is 126 Å². The van der Waals surface area contributed by atoms with Gasteiger partial charge in [0.2, 0.25) is 0 Å². The van der Waals surface area contributed by atoms with Crippen LogP contribution in [0.4, 0.5) is 0 Å². The molecule has 2 heteroatoms. The van der Waals surface area contributed by atoms with Gasteiger partial charge in [0.15, 0.2) is 0 Å². The van der Waals surface area contributed by atoms with Crippen LogP contribution >= 0.6 is 0 Å². The van der Waals surface area contributed by atoms with Gasteiger partial charge >= 0.3 is 0 Å². The van der Waals surface area contributed by atoms with Crippen molar-refractivity contribution in [2.45, 2.75) is 38.9 Å². The van der Waals surface area contributed by atoms with Crippen LogP contribution in [0, 0.1) is 0 Å². The lowest BCUT2D eigenvalue weighted by molar-refractivity contribution is 0.739. The molecular formula is C18H26Si2. The highest BCUT2D eigenvalue weighted by atomic mass is 29.2. The van der Waals surface area contributed by atoms with Gasteiger partial charge in [-0.25, -0.2) is 0 Å². The van der Waals surface area contributed by atoms with E-state index in [0.717, 1.165) is 0 Å². The van der Waals surface area contributed by atoms with E-state index < -0.39 is 15.9 Å². The molecule has 2 rings (SSSR count). The third kappa shape index (κ3) is 2.67.